The lowest BCUT2D eigenvalue weighted by Crippen LogP contribution is -2.34. The van der Waals surface area contributed by atoms with Gasteiger partial charge in [-0.25, -0.2) is 10.2 Å². The van der Waals surface area contributed by atoms with Gasteiger partial charge in [-0.05, 0) is 67.1 Å². The third-order valence-electron chi connectivity index (χ3n) is 5.53. The van der Waals surface area contributed by atoms with Gasteiger partial charge in [-0.2, -0.15) is 5.10 Å². The summed E-state index contributed by atoms with van der Waals surface area (Å²) < 4.78 is 31.9. The molecule has 0 radical (unpaired) electrons. The van der Waals surface area contributed by atoms with Crippen molar-refractivity contribution in [3.63, 3.8) is 0 Å². The monoisotopic (exact) mass is 565 g/mol. The number of hydrogen-bond acceptors (Lipinski definition) is 10. The maximum atomic E-state index is 12.6. The molecule has 0 aliphatic rings. The zero-order valence-electron chi connectivity index (χ0n) is 23.3. The maximum Gasteiger partial charge on any atom is 0.343 e. The normalized spacial score (nSPS) is 10.5. The Bertz CT molecular complexity index is 1380. The summed E-state index contributed by atoms with van der Waals surface area (Å²) in [7, 11) is 5.75. The van der Waals surface area contributed by atoms with Gasteiger partial charge < -0.3 is 33.7 Å². The molecule has 3 aromatic carbocycles. The molecule has 0 aliphatic heterocycles. The van der Waals surface area contributed by atoms with Crippen LogP contribution in [0.15, 0.2) is 59.7 Å². The molecule has 0 fully saturated rings. The summed E-state index contributed by atoms with van der Waals surface area (Å²) in [4.78, 5) is 37.3. The molecule has 3 aromatic rings. The van der Waals surface area contributed by atoms with Gasteiger partial charge in [-0.15, -0.1) is 0 Å². The average Bonchev–Trinajstić information content (AvgIpc) is 3.00. The quantitative estimate of drug-likeness (QED) is 0.138. The number of amides is 2. The molecule has 12 nitrogen and oxygen atoms in total. The lowest BCUT2D eigenvalue weighted by atomic mass is 10.1. The molecule has 0 atom stereocenters. The van der Waals surface area contributed by atoms with Crippen LogP contribution in [-0.2, 0) is 4.79 Å². The molecule has 0 aromatic heterocycles. The van der Waals surface area contributed by atoms with Crippen LogP contribution in [0.4, 0.5) is 0 Å². The second-order valence-corrected chi connectivity index (χ2v) is 8.15. The van der Waals surface area contributed by atoms with Crippen LogP contribution in [0.25, 0.3) is 0 Å². The van der Waals surface area contributed by atoms with E-state index in [1.165, 1.54) is 46.8 Å². The molecule has 0 saturated carbocycles. The first-order chi connectivity index (χ1) is 19.8. The van der Waals surface area contributed by atoms with Crippen LogP contribution >= 0.6 is 0 Å². The highest BCUT2D eigenvalue weighted by Crippen LogP contribution is 2.38. The highest BCUT2D eigenvalue weighted by Gasteiger charge is 2.17. The Labute approximate surface area is 237 Å². The standard InChI is InChI=1S/C29H31N3O9/c1-6-40-21-10-8-19(9-11-21)29(35)41-22-12-7-18(13-23(22)36-2)16-31-32-26(33)17-30-28(34)20-14-24(37-3)27(39-5)25(15-20)38-4/h7-16H,6,17H2,1-5H3,(H,30,34)(H,32,33)/b31-16+. The summed E-state index contributed by atoms with van der Waals surface area (Å²) >= 11 is 0. The maximum absolute atomic E-state index is 12.6. The molecular formula is C29H31N3O9. The van der Waals surface area contributed by atoms with Gasteiger partial charge in [0, 0.05) is 5.56 Å². The predicted octanol–water partition coefficient (Wildman–Crippen LogP) is 3.22. The van der Waals surface area contributed by atoms with Gasteiger partial charge >= 0.3 is 5.97 Å². The minimum absolute atomic E-state index is 0.210. The van der Waals surface area contributed by atoms with Gasteiger partial charge in [-0.3, -0.25) is 9.59 Å². The van der Waals surface area contributed by atoms with Crippen molar-refractivity contribution >= 4 is 24.0 Å². The molecule has 0 spiro atoms. The van der Waals surface area contributed by atoms with Crippen LogP contribution in [0.1, 0.15) is 33.2 Å². The Balaban J connectivity index is 1.56. The Morgan fingerprint density at radius 3 is 2.02 bits per heavy atom. The average molecular weight is 566 g/mol. The SMILES string of the molecule is CCOc1ccc(C(=O)Oc2ccc(/C=N/NC(=O)CNC(=O)c3cc(OC)c(OC)c(OC)c3)cc2OC)cc1. The Kier molecular flexibility index (Phi) is 10.9. The molecule has 0 aliphatic carbocycles. The number of carbonyl (C=O) groups excluding carboxylic acids is 3. The number of benzene rings is 3. The molecule has 0 heterocycles. The number of hydrogen-bond donors (Lipinski definition) is 2. The number of ether oxygens (including phenoxy) is 6. The van der Waals surface area contributed by atoms with Crippen LogP contribution in [-0.4, -0.2) is 65.6 Å². The third kappa shape index (κ3) is 8.12. The van der Waals surface area contributed by atoms with Crippen LogP contribution < -0.4 is 39.2 Å². The molecular weight excluding hydrogens is 534 g/mol. The minimum Gasteiger partial charge on any atom is -0.494 e. The molecule has 41 heavy (non-hydrogen) atoms. The number of methoxy groups -OCH3 is 4. The van der Waals surface area contributed by atoms with E-state index in [9.17, 15) is 14.4 Å². The Hall–Kier alpha value is -5.26. The van der Waals surface area contributed by atoms with E-state index < -0.39 is 17.8 Å². The van der Waals surface area contributed by atoms with Crippen molar-refractivity contribution < 1.29 is 42.8 Å². The summed E-state index contributed by atoms with van der Waals surface area (Å²) in [6, 6.07) is 14.3. The van der Waals surface area contributed by atoms with Gasteiger partial charge in [-0.1, -0.05) is 0 Å². The van der Waals surface area contributed by atoms with E-state index in [0.29, 0.717) is 40.7 Å². The van der Waals surface area contributed by atoms with Crippen molar-refractivity contribution in [2.75, 3.05) is 41.6 Å². The summed E-state index contributed by atoms with van der Waals surface area (Å²) in [5.74, 6) is 0.454. The molecule has 12 heteroatoms. The highest BCUT2D eigenvalue weighted by atomic mass is 16.6. The molecule has 2 amide bonds. The second-order valence-electron chi connectivity index (χ2n) is 8.15. The van der Waals surface area contributed by atoms with E-state index >= 15 is 0 Å². The van der Waals surface area contributed by atoms with Gasteiger partial charge in [0.2, 0.25) is 5.75 Å². The predicted molar refractivity (Wildman–Crippen MR) is 150 cm³/mol. The number of hydrazone groups is 1. The molecule has 0 bridgehead atoms. The highest BCUT2D eigenvalue weighted by molar-refractivity contribution is 5.97. The lowest BCUT2D eigenvalue weighted by Gasteiger charge is -2.14. The fraction of sp³-hybridized carbons (Fsp3) is 0.241. The fourth-order valence-electron chi connectivity index (χ4n) is 3.55. The van der Waals surface area contributed by atoms with E-state index in [1.807, 2.05) is 6.92 Å². The number of esters is 1. The summed E-state index contributed by atoms with van der Waals surface area (Å²) in [6.07, 6.45) is 1.37. The number of nitrogens with zero attached hydrogens (tertiary/aromatic N) is 1. The summed E-state index contributed by atoms with van der Waals surface area (Å²) in [5.41, 5.74) is 3.45. The lowest BCUT2D eigenvalue weighted by molar-refractivity contribution is -0.120. The fourth-order valence-corrected chi connectivity index (χ4v) is 3.55. The van der Waals surface area contributed by atoms with Crippen LogP contribution in [0.5, 0.6) is 34.5 Å². The van der Waals surface area contributed by atoms with Gasteiger partial charge in [0.15, 0.2) is 23.0 Å². The minimum atomic E-state index is -0.561. The first kappa shape index (κ1) is 30.3. The van der Waals surface area contributed by atoms with E-state index in [-0.39, 0.29) is 23.6 Å². The smallest absolute Gasteiger partial charge is 0.343 e. The van der Waals surface area contributed by atoms with Crippen molar-refractivity contribution in [1.82, 2.24) is 10.7 Å². The van der Waals surface area contributed by atoms with Crippen molar-refractivity contribution in [1.29, 1.82) is 0 Å². The molecule has 2 N–H and O–H groups in total. The van der Waals surface area contributed by atoms with Gasteiger partial charge in [0.05, 0.1) is 53.4 Å². The largest absolute Gasteiger partial charge is 0.494 e. The first-order valence-electron chi connectivity index (χ1n) is 12.4. The van der Waals surface area contributed by atoms with Crippen LogP contribution in [0, 0.1) is 0 Å². The molecule has 216 valence electrons. The topological polar surface area (TPSA) is 143 Å². The number of rotatable bonds is 13. The van der Waals surface area contributed by atoms with Crippen molar-refractivity contribution in [3.8, 4) is 34.5 Å². The van der Waals surface area contributed by atoms with E-state index in [4.69, 9.17) is 28.4 Å². The van der Waals surface area contributed by atoms with E-state index in [1.54, 1.807) is 42.5 Å². The second kappa shape index (κ2) is 14.8. The Morgan fingerprint density at radius 2 is 1.44 bits per heavy atom. The van der Waals surface area contributed by atoms with E-state index in [2.05, 4.69) is 15.8 Å². The third-order valence-corrected chi connectivity index (χ3v) is 5.53. The first-order valence-corrected chi connectivity index (χ1v) is 12.4. The summed E-state index contributed by atoms with van der Waals surface area (Å²) in [5, 5.41) is 6.40. The molecule has 3 rings (SSSR count). The zero-order chi connectivity index (χ0) is 29.8. The molecule has 0 saturated heterocycles. The Morgan fingerprint density at radius 1 is 0.780 bits per heavy atom. The van der Waals surface area contributed by atoms with Gasteiger partial charge in [0.25, 0.3) is 11.8 Å². The summed E-state index contributed by atoms with van der Waals surface area (Å²) in [6.45, 7) is 2.06. The van der Waals surface area contributed by atoms with Crippen LogP contribution in [0.3, 0.4) is 0 Å². The van der Waals surface area contributed by atoms with Crippen molar-refractivity contribution in [2.45, 2.75) is 6.92 Å². The zero-order valence-corrected chi connectivity index (χ0v) is 23.3. The molecule has 0 unspecified atom stereocenters. The van der Waals surface area contributed by atoms with Crippen molar-refractivity contribution in [2.24, 2.45) is 5.10 Å². The number of carbonyl (C=O) groups is 3. The number of nitrogens with one attached hydrogen (secondary N) is 2. The van der Waals surface area contributed by atoms with Crippen molar-refractivity contribution in [3.05, 3.63) is 71.3 Å². The van der Waals surface area contributed by atoms with Crippen LogP contribution in [0.2, 0.25) is 0 Å². The van der Waals surface area contributed by atoms with E-state index in [0.717, 1.165) is 0 Å². The van der Waals surface area contributed by atoms with Gasteiger partial charge in [0.1, 0.15) is 5.75 Å².